The van der Waals surface area contributed by atoms with Gasteiger partial charge in [-0.3, -0.25) is 4.98 Å². The number of halogens is 3. The second kappa shape index (κ2) is 5.69. The number of nitrogens with zero attached hydrogens (tertiary/aromatic N) is 1. The van der Waals surface area contributed by atoms with Crippen molar-refractivity contribution in [3.05, 3.63) is 39.0 Å². The van der Waals surface area contributed by atoms with Crippen molar-refractivity contribution in [3.8, 4) is 0 Å². The zero-order valence-corrected chi connectivity index (χ0v) is 11.5. The molecule has 0 aliphatic heterocycles. The van der Waals surface area contributed by atoms with Crippen molar-refractivity contribution in [2.24, 2.45) is 0 Å². The van der Waals surface area contributed by atoms with Crippen LogP contribution in [0.2, 0.25) is 10.0 Å². The van der Waals surface area contributed by atoms with Crippen LogP contribution < -0.4 is 0 Å². The Hall–Kier alpha value is -0.310. The fourth-order valence-electron chi connectivity index (χ4n) is 1.15. The summed E-state index contributed by atoms with van der Waals surface area (Å²) in [4.78, 5) is 4.02. The van der Waals surface area contributed by atoms with Gasteiger partial charge in [-0.05, 0) is 22.0 Å². The molecule has 0 amide bonds. The van der Waals surface area contributed by atoms with Crippen LogP contribution in [0.4, 0.5) is 0 Å². The number of aromatic nitrogens is 1. The summed E-state index contributed by atoms with van der Waals surface area (Å²) in [6.45, 7) is 4.00. The maximum atomic E-state index is 6.01. The topological polar surface area (TPSA) is 12.9 Å². The van der Waals surface area contributed by atoms with E-state index in [1.807, 2.05) is 19.9 Å². The molecular formula is C11H10BrCl2N. The second-order valence-corrected chi connectivity index (χ2v) is 4.22. The molecule has 0 atom stereocenters. The molecule has 1 aromatic heterocycles. The first-order valence-corrected chi connectivity index (χ1v) is 6.12. The molecule has 1 heterocycles. The van der Waals surface area contributed by atoms with Crippen molar-refractivity contribution in [2.75, 3.05) is 0 Å². The molecule has 0 N–H and O–H groups in total. The zero-order chi connectivity index (χ0) is 11.4. The van der Waals surface area contributed by atoms with Crippen molar-refractivity contribution in [1.82, 2.24) is 4.98 Å². The third-order valence-corrected chi connectivity index (χ3v) is 3.23. The highest BCUT2D eigenvalue weighted by Gasteiger charge is 2.05. The predicted molar refractivity (Wildman–Crippen MR) is 70.8 cm³/mol. The molecule has 2 aromatic rings. The third-order valence-electron chi connectivity index (χ3n) is 1.78. The highest BCUT2D eigenvalue weighted by molar-refractivity contribution is 9.10. The smallest absolute Gasteiger partial charge is 0.0686 e. The minimum absolute atomic E-state index is 0.549. The number of rotatable bonds is 0. The number of hydrogen-bond acceptors (Lipinski definition) is 1. The first-order chi connectivity index (χ1) is 7.20. The summed E-state index contributed by atoms with van der Waals surface area (Å²) in [5, 5.41) is 2.98. The average Bonchev–Trinajstić information content (AvgIpc) is 2.27. The van der Waals surface area contributed by atoms with Gasteiger partial charge in [-0.1, -0.05) is 43.1 Å². The van der Waals surface area contributed by atoms with Gasteiger partial charge in [-0.25, -0.2) is 0 Å². The van der Waals surface area contributed by atoms with Crippen LogP contribution in [-0.2, 0) is 0 Å². The molecule has 0 saturated carbocycles. The van der Waals surface area contributed by atoms with E-state index in [9.17, 15) is 0 Å². The van der Waals surface area contributed by atoms with Gasteiger partial charge in [-0.15, -0.1) is 0 Å². The summed E-state index contributed by atoms with van der Waals surface area (Å²) >= 11 is 15.3. The first-order valence-electron chi connectivity index (χ1n) is 4.57. The standard InChI is InChI=1S/C9H4BrCl2N.C2H6/c10-7-4-13-3-6-5(7)1-2-8(11)9(6)12;1-2/h1-4H;1-2H3. The average molecular weight is 307 g/mol. The molecule has 0 fully saturated rings. The highest BCUT2D eigenvalue weighted by Crippen LogP contribution is 2.33. The van der Waals surface area contributed by atoms with Crippen LogP contribution in [0.1, 0.15) is 13.8 Å². The Morgan fingerprint density at radius 2 is 1.73 bits per heavy atom. The summed E-state index contributed by atoms with van der Waals surface area (Å²) in [5.74, 6) is 0. The van der Waals surface area contributed by atoms with E-state index in [4.69, 9.17) is 23.2 Å². The lowest BCUT2D eigenvalue weighted by molar-refractivity contribution is 1.35. The molecule has 0 saturated heterocycles. The molecule has 0 aliphatic rings. The largest absolute Gasteiger partial charge is 0.263 e. The van der Waals surface area contributed by atoms with Crippen LogP contribution in [0.5, 0.6) is 0 Å². The van der Waals surface area contributed by atoms with E-state index < -0.39 is 0 Å². The summed E-state index contributed by atoms with van der Waals surface area (Å²) in [5.41, 5.74) is 0. The van der Waals surface area contributed by atoms with Gasteiger partial charge in [0.15, 0.2) is 0 Å². The molecule has 1 nitrogen and oxygen atoms in total. The van der Waals surface area contributed by atoms with E-state index >= 15 is 0 Å². The Kier molecular flexibility index (Phi) is 4.84. The minimum Gasteiger partial charge on any atom is -0.263 e. The van der Waals surface area contributed by atoms with Gasteiger partial charge in [-0.2, -0.15) is 0 Å². The maximum absolute atomic E-state index is 6.01. The second-order valence-electron chi connectivity index (χ2n) is 2.58. The van der Waals surface area contributed by atoms with Crippen LogP contribution >= 0.6 is 39.1 Å². The molecule has 4 heteroatoms. The number of hydrogen-bond donors (Lipinski definition) is 0. The summed E-state index contributed by atoms with van der Waals surface area (Å²) in [6.07, 6.45) is 3.43. The van der Waals surface area contributed by atoms with E-state index in [0.717, 1.165) is 15.2 Å². The van der Waals surface area contributed by atoms with E-state index in [-0.39, 0.29) is 0 Å². The van der Waals surface area contributed by atoms with Gasteiger partial charge in [0.2, 0.25) is 0 Å². The molecule has 0 unspecified atom stereocenters. The van der Waals surface area contributed by atoms with Crippen molar-refractivity contribution in [2.45, 2.75) is 13.8 Å². The van der Waals surface area contributed by atoms with Gasteiger partial charge >= 0.3 is 0 Å². The lowest BCUT2D eigenvalue weighted by Gasteiger charge is -2.02. The van der Waals surface area contributed by atoms with Gasteiger partial charge < -0.3 is 0 Å². The number of benzene rings is 1. The molecule has 80 valence electrons. The quantitative estimate of drug-likeness (QED) is 0.641. The van der Waals surface area contributed by atoms with Gasteiger partial charge in [0, 0.05) is 27.6 Å². The van der Waals surface area contributed by atoms with E-state index in [2.05, 4.69) is 20.9 Å². The lowest BCUT2D eigenvalue weighted by Crippen LogP contribution is -1.79. The lowest BCUT2D eigenvalue weighted by atomic mass is 10.2. The molecule has 1 aromatic carbocycles. The van der Waals surface area contributed by atoms with Gasteiger partial charge in [0.05, 0.1) is 10.0 Å². The van der Waals surface area contributed by atoms with Gasteiger partial charge in [0.25, 0.3) is 0 Å². The molecule has 0 radical (unpaired) electrons. The summed E-state index contributed by atoms with van der Waals surface area (Å²) in [7, 11) is 0. The minimum atomic E-state index is 0.549. The Morgan fingerprint density at radius 1 is 1.07 bits per heavy atom. The number of pyridine rings is 1. The zero-order valence-electron chi connectivity index (χ0n) is 8.39. The third kappa shape index (κ3) is 2.63. The van der Waals surface area contributed by atoms with Crippen LogP contribution in [0.15, 0.2) is 29.0 Å². The van der Waals surface area contributed by atoms with Crippen LogP contribution in [0, 0.1) is 0 Å². The summed E-state index contributed by atoms with van der Waals surface area (Å²) < 4.78 is 0.920. The Balaban J connectivity index is 0.000000531. The highest BCUT2D eigenvalue weighted by atomic mass is 79.9. The fraction of sp³-hybridized carbons (Fsp3) is 0.182. The van der Waals surface area contributed by atoms with Crippen molar-refractivity contribution in [3.63, 3.8) is 0 Å². The molecular weight excluding hydrogens is 297 g/mol. The summed E-state index contributed by atoms with van der Waals surface area (Å²) in [6, 6.07) is 3.69. The Bertz CT molecular complexity index is 471. The van der Waals surface area contributed by atoms with E-state index in [1.54, 1.807) is 18.5 Å². The fourth-order valence-corrected chi connectivity index (χ4v) is 1.99. The van der Waals surface area contributed by atoms with E-state index in [1.165, 1.54) is 0 Å². The number of fused-ring (bicyclic) bond motifs is 1. The monoisotopic (exact) mass is 305 g/mol. The first kappa shape index (κ1) is 12.8. The predicted octanol–water partition coefficient (Wildman–Crippen LogP) is 5.33. The molecule has 2 rings (SSSR count). The Labute approximate surface area is 108 Å². The van der Waals surface area contributed by atoms with Crippen LogP contribution in [-0.4, -0.2) is 4.98 Å². The van der Waals surface area contributed by atoms with Crippen LogP contribution in [0.3, 0.4) is 0 Å². The van der Waals surface area contributed by atoms with Crippen molar-refractivity contribution >= 4 is 49.9 Å². The molecule has 0 bridgehead atoms. The maximum Gasteiger partial charge on any atom is 0.0686 e. The molecule has 0 spiro atoms. The van der Waals surface area contributed by atoms with E-state index in [0.29, 0.717) is 10.0 Å². The van der Waals surface area contributed by atoms with Crippen LogP contribution in [0.25, 0.3) is 10.8 Å². The van der Waals surface area contributed by atoms with Gasteiger partial charge in [0.1, 0.15) is 0 Å². The Morgan fingerprint density at radius 3 is 2.40 bits per heavy atom. The molecule has 0 aliphatic carbocycles. The SMILES string of the molecule is CC.Clc1ccc2c(Br)cncc2c1Cl. The molecule has 15 heavy (non-hydrogen) atoms. The normalized spacial score (nSPS) is 9.67. The van der Waals surface area contributed by atoms with Crippen molar-refractivity contribution < 1.29 is 0 Å². The van der Waals surface area contributed by atoms with Crippen molar-refractivity contribution in [1.29, 1.82) is 0 Å².